The Hall–Kier alpha value is -1.06. The first-order valence-electron chi connectivity index (χ1n) is 6.18. The predicted molar refractivity (Wildman–Crippen MR) is 68.5 cm³/mol. The number of anilines is 1. The van der Waals surface area contributed by atoms with Crippen LogP contribution in [0.3, 0.4) is 0 Å². The summed E-state index contributed by atoms with van der Waals surface area (Å²) in [5.41, 5.74) is 4.79. The summed E-state index contributed by atoms with van der Waals surface area (Å²) in [5.74, 6) is 0. The third-order valence-corrected chi connectivity index (χ3v) is 2.99. The molecular weight excluding hydrogens is 198 g/mol. The molecule has 1 saturated heterocycles. The summed E-state index contributed by atoms with van der Waals surface area (Å²) in [6.07, 6.45) is 1.19. The second-order valence-corrected chi connectivity index (χ2v) is 4.22. The summed E-state index contributed by atoms with van der Waals surface area (Å²) in [6, 6.07) is 10.7. The van der Waals surface area contributed by atoms with Crippen LogP contribution in [0.25, 0.3) is 0 Å². The third-order valence-electron chi connectivity index (χ3n) is 2.99. The molecule has 0 saturated carbocycles. The normalized spacial score (nSPS) is 17.7. The van der Waals surface area contributed by atoms with Crippen LogP contribution in [0.2, 0.25) is 0 Å². The molecule has 3 heteroatoms. The van der Waals surface area contributed by atoms with E-state index in [2.05, 4.69) is 52.6 Å². The number of para-hydroxylation sites is 1. The largest absolute Gasteiger partial charge is 0.369 e. The number of piperazine rings is 1. The molecule has 0 amide bonds. The first-order chi connectivity index (χ1) is 7.90. The number of benzene rings is 1. The van der Waals surface area contributed by atoms with Crippen LogP contribution in [0.15, 0.2) is 30.3 Å². The first kappa shape index (κ1) is 11.4. The smallest absolute Gasteiger partial charge is 0.0367 e. The Morgan fingerprint density at radius 1 is 1.06 bits per heavy atom. The van der Waals surface area contributed by atoms with E-state index in [-0.39, 0.29) is 0 Å². The molecule has 3 nitrogen and oxygen atoms in total. The summed E-state index contributed by atoms with van der Waals surface area (Å²) in [7, 11) is 0. The van der Waals surface area contributed by atoms with E-state index in [1.54, 1.807) is 0 Å². The van der Waals surface area contributed by atoms with Crippen molar-refractivity contribution in [3.63, 3.8) is 0 Å². The zero-order valence-corrected chi connectivity index (χ0v) is 10.0. The highest BCUT2D eigenvalue weighted by molar-refractivity contribution is 5.46. The summed E-state index contributed by atoms with van der Waals surface area (Å²) in [5, 5.41) is 2.34. The number of nitrogens with one attached hydrogen (secondary N) is 1. The Bertz CT molecular complexity index is 291. The van der Waals surface area contributed by atoms with Crippen molar-refractivity contribution in [1.29, 1.82) is 0 Å². The van der Waals surface area contributed by atoms with Gasteiger partial charge in [-0.25, -0.2) is 5.01 Å². The van der Waals surface area contributed by atoms with E-state index in [1.165, 1.54) is 12.1 Å². The summed E-state index contributed by atoms with van der Waals surface area (Å²) in [6.45, 7) is 7.73. The standard InChI is InChI=1S/C13H21N3/c1-2-8-14-16-11-9-15(10-12-16)13-6-4-3-5-7-13/h3-7,14H,2,8-12H2,1H3. The highest BCUT2D eigenvalue weighted by Gasteiger charge is 2.15. The fourth-order valence-corrected chi connectivity index (χ4v) is 2.03. The maximum absolute atomic E-state index is 3.45. The van der Waals surface area contributed by atoms with Crippen LogP contribution in [-0.4, -0.2) is 37.7 Å². The van der Waals surface area contributed by atoms with E-state index in [1.807, 2.05) is 0 Å². The van der Waals surface area contributed by atoms with E-state index in [9.17, 15) is 0 Å². The SMILES string of the molecule is CCCNN1CCN(c2ccccc2)CC1. The maximum Gasteiger partial charge on any atom is 0.0367 e. The molecule has 1 aromatic rings. The molecule has 16 heavy (non-hydrogen) atoms. The van der Waals surface area contributed by atoms with Gasteiger partial charge in [-0.15, -0.1) is 0 Å². The molecule has 1 heterocycles. The van der Waals surface area contributed by atoms with Crippen LogP contribution >= 0.6 is 0 Å². The van der Waals surface area contributed by atoms with Gasteiger partial charge in [0.2, 0.25) is 0 Å². The number of hydrogen-bond acceptors (Lipinski definition) is 3. The molecule has 1 N–H and O–H groups in total. The second kappa shape index (κ2) is 5.87. The Kier molecular flexibility index (Phi) is 4.19. The third kappa shape index (κ3) is 2.97. The number of nitrogens with zero attached hydrogens (tertiary/aromatic N) is 2. The van der Waals surface area contributed by atoms with Crippen LogP contribution in [0, 0.1) is 0 Å². The molecule has 1 aliphatic heterocycles. The molecule has 0 unspecified atom stereocenters. The van der Waals surface area contributed by atoms with Gasteiger partial charge in [-0.05, 0) is 18.6 Å². The second-order valence-electron chi connectivity index (χ2n) is 4.22. The van der Waals surface area contributed by atoms with Crippen LogP contribution in [-0.2, 0) is 0 Å². The number of hydrogen-bond donors (Lipinski definition) is 1. The Morgan fingerprint density at radius 2 is 1.75 bits per heavy atom. The molecular formula is C13H21N3. The summed E-state index contributed by atoms with van der Waals surface area (Å²) < 4.78 is 0. The van der Waals surface area contributed by atoms with Gasteiger partial charge < -0.3 is 4.90 Å². The fourth-order valence-electron chi connectivity index (χ4n) is 2.03. The number of rotatable bonds is 4. The van der Waals surface area contributed by atoms with E-state index in [0.29, 0.717) is 0 Å². The lowest BCUT2D eigenvalue weighted by molar-refractivity contribution is 0.177. The molecule has 2 rings (SSSR count). The van der Waals surface area contributed by atoms with Crippen molar-refractivity contribution >= 4 is 5.69 Å². The monoisotopic (exact) mass is 219 g/mol. The molecule has 0 radical (unpaired) electrons. The van der Waals surface area contributed by atoms with Crippen molar-refractivity contribution in [3.8, 4) is 0 Å². The summed E-state index contributed by atoms with van der Waals surface area (Å²) >= 11 is 0. The zero-order chi connectivity index (χ0) is 11.2. The Balaban J connectivity index is 1.81. The lowest BCUT2D eigenvalue weighted by atomic mass is 10.2. The van der Waals surface area contributed by atoms with Crippen molar-refractivity contribution < 1.29 is 0 Å². The lowest BCUT2D eigenvalue weighted by Crippen LogP contribution is -2.52. The van der Waals surface area contributed by atoms with Crippen LogP contribution in [0.1, 0.15) is 13.3 Å². The molecule has 0 aliphatic carbocycles. The van der Waals surface area contributed by atoms with Crippen molar-refractivity contribution in [1.82, 2.24) is 10.4 Å². The van der Waals surface area contributed by atoms with Gasteiger partial charge >= 0.3 is 0 Å². The van der Waals surface area contributed by atoms with Crippen LogP contribution in [0.5, 0.6) is 0 Å². The number of hydrazine groups is 1. The Labute approximate surface area is 98.0 Å². The predicted octanol–water partition coefficient (Wildman–Crippen LogP) is 1.72. The van der Waals surface area contributed by atoms with Crippen LogP contribution < -0.4 is 10.3 Å². The van der Waals surface area contributed by atoms with Crippen molar-refractivity contribution in [2.75, 3.05) is 37.6 Å². The molecule has 0 aromatic heterocycles. The van der Waals surface area contributed by atoms with Crippen molar-refractivity contribution in [3.05, 3.63) is 30.3 Å². The molecule has 1 aliphatic rings. The molecule has 1 aromatic carbocycles. The molecule has 88 valence electrons. The Morgan fingerprint density at radius 3 is 2.38 bits per heavy atom. The average molecular weight is 219 g/mol. The summed E-state index contributed by atoms with van der Waals surface area (Å²) in [4.78, 5) is 2.45. The van der Waals surface area contributed by atoms with Gasteiger partial charge in [-0.1, -0.05) is 25.1 Å². The van der Waals surface area contributed by atoms with E-state index in [4.69, 9.17) is 0 Å². The highest BCUT2D eigenvalue weighted by atomic mass is 15.5. The molecule has 0 bridgehead atoms. The quantitative estimate of drug-likeness (QED) is 0.832. The lowest BCUT2D eigenvalue weighted by Gasteiger charge is -2.36. The minimum Gasteiger partial charge on any atom is -0.369 e. The van der Waals surface area contributed by atoms with Gasteiger partial charge in [0.25, 0.3) is 0 Å². The minimum atomic E-state index is 1.09. The van der Waals surface area contributed by atoms with Gasteiger partial charge in [0.15, 0.2) is 0 Å². The van der Waals surface area contributed by atoms with E-state index in [0.717, 1.165) is 32.7 Å². The van der Waals surface area contributed by atoms with Gasteiger partial charge in [-0.2, -0.15) is 0 Å². The average Bonchev–Trinajstić information content (AvgIpc) is 2.38. The first-order valence-corrected chi connectivity index (χ1v) is 6.18. The zero-order valence-electron chi connectivity index (χ0n) is 10.0. The van der Waals surface area contributed by atoms with Crippen LogP contribution in [0.4, 0.5) is 5.69 Å². The van der Waals surface area contributed by atoms with Gasteiger partial charge in [0.05, 0.1) is 0 Å². The van der Waals surface area contributed by atoms with Gasteiger partial charge in [-0.3, -0.25) is 5.43 Å². The molecule has 0 atom stereocenters. The highest BCUT2D eigenvalue weighted by Crippen LogP contribution is 2.14. The van der Waals surface area contributed by atoms with Gasteiger partial charge in [0.1, 0.15) is 0 Å². The fraction of sp³-hybridized carbons (Fsp3) is 0.538. The molecule has 0 spiro atoms. The maximum atomic E-state index is 3.45. The van der Waals surface area contributed by atoms with E-state index < -0.39 is 0 Å². The topological polar surface area (TPSA) is 18.5 Å². The molecule has 1 fully saturated rings. The van der Waals surface area contributed by atoms with Gasteiger partial charge in [0, 0.05) is 38.4 Å². The van der Waals surface area contributed by atoms with Crippen molar-refractivity contribution in [2.24, 2.45) is 0 Å². The van der Waals surface area contributed by atoms with E-state index >= 15 is 0 Å². The minimum absolute atomic E-state index is 1.09. The van der Waals surface area contributed by atoms with Crippen molar-refractivity contribution in [2.45, 2.75) is 13.3 Å².